The number of benzene rings is 1. The van der Waals surface area contributed by atoms with E-state index in [1.165, 1.54) is 23.1 Å². The quantitative estimate of drug-likeness (QED) is 0.802. The predicted molar refractivity (Wildman–Crippen MR) is 74.5 cm³/mol. The molecule has 1 aromatic rings. The van der Waals surface area contributed by atoms with Crippen molar-refractivity contribution in [2.75, 3.05) is 0 Å². The number of Topliss-reactive ketones (excluding diaryl/α,β-unsaturated/α-hetero) is 1. The summed E-state index contributed by atoms with van der Waals surface area (Å²) in [6.45, 7) is 4.26. The molecule has 1 aliphatic rings. The molecule has 0 aromatic heterocycles. The molecule has 0 aliphatic heterocycles. The molecule has 92 valence electrons. The van der Waals surface area contributed by atoms with Gasteiger partial charge in [0.1, 0.15) is 5.78 Å². The van der Waals surface area contributed by atoms with Crippen molar-refractivity contribution in [3.05, 3.63) is 34.9 Å². The smallest absolute Gasteiger partial charge is 0.145 e. The van der Waals surface area contributed by atoms with E-state index in [2.05, 4.69) is 32.0 Å². The first kappa shape index (κ1) is 12.7. The summed E-state index contributed by atoms with van der Waals surface area (Å²) in [4.78, 5) is 11.7. The maximum atomic E-state index is 11.7. The number of carbonyl (C=O) groups is 1. The lowest BCUT2D eigenvalue weighted by molar-refractivity contribution is -0.119. The number of aryl methyl sites for hydroxylation is 2. The van der Waals surface area contributed by atoms with E-state index in [1.54, 1.807) is 0 Å². The normalized spacial score (nSPS) is 20.6. The van der Waals surface area contributed by atoms with Crippen molar-refractivity contribution in [2.24, 2.45) is 0 Å². The third-order valence-corrected chi connectivity index (χ3v) is 4.63. The maximum Gasteiger partial charge on any atom is 0.145 e. The van der Waals surface area contributed by atoms with Gasteiger partial charge in [0.15, 0.2) is 0 Å². The summed E-state index contributed by atoms with van der Waals surface area (Å²) in [6.07, 6.45) is 4.19. The van der Waals surface area contributed by atoms with Crippen LogP contribution in [0, 0.1) is 13.8 Å². The average molecular weight is 248 g/mol. The van der Waals surface area contributed by atoms with Gasteiger partial charge in [-0.3, -0.25) is 4.79 Å². The van der Waals surface area contributed by atoms with E-state index >= 15 is 0 Å². The molecule has 1 saturated carbocycles. The Labute approximate surface area is 108 Å². The Kier molecular flexibility index (Phi) is 4.27. The Hall–Kier alpha value is -0.760. The van der Waals surface area contributed by atoms with Crippen LogP contribution < -0.4 is 0 Å². The Bertz CT molecular complexity index is 391. The third-order valence-electron chi connectivity index (χ3n) is 3.23. The van der Waals surface area contributed by atoms with Crippen LogP contribution in [0.1, 0.15) is 42.4 Å². The van der Waals surface area contributed by atoms with E-state index in [9.17, 15) is 4.79 Å². The van der Waals surface area contributed by atoms with Gasteiger partial charge in [0, 0.05) is 12.2 Å². The lowest BCUT2D eigenvalue weighted by Gasteiger charge is -2.20. The zero-order valence-corrected chi connectivity index (χ0v) is 11.5. The van der Waals surface area contributed by atoms with Gasteiger partial charge in [0.25, 0.3) is 0 Å². The minimum atomic E-state index is 0.254. The standard InChI is InChI=1S/C15H20OS/c1-11-7-12(2)9-13(8-11)10-17-15-6-4-3-5-14(15)16/h7-9,15H,3-6,10H2,1-2H3. The van der Waals surface area contributed by atoms with Crippen LogP contribution in [0.4, 0.5) is 0 Å². The van der Waals surface area contributed by atoms with E-state index in [-0.39, 0.29) is 5.25 Å². The highest BCUT2D eigenvalue weighted by Gasteiger charge is 2.22. The molecule has 1 aliphatic carbocycles. The van der Waals surface area contributed by atoms with Gasteiger partial charge in [0.05, 0.1) is 5.25 Å². The van der Waals surface area contributed by atoms with Crippen LogP contribution in [0.25, 0.3) is 0 Å². The number of carbonyl (C=O) groups excluding carboxylic acids is 1. The van der Waals surface area contributed by atoms with Gasteiger partial charge >= 0.3 is 0 Å². The van der Waals surface area contributed by atoms with Crippen molar-refractivity contribution in [2.45, 2.75) is 50.5 Å². The fourth-order valence-electron chi connectivity index (χ4n) is 2.48. The Balaban J connectivity index is 1.94. The highest BCUT2D eigenvalue weighted by Crippen LogP contribution is 2.28. The molecule has 0 bridgehead atoms. The summed E-state index contributed by atoms with van der Waals surface area (Å²) in [5.41, 5.74) is 3.98. The van der Waals surface area contributed by atoms with Crippen LogP contribution >= 0.6 is 11.8 Å². The van der Waals surface area contributed by atoms with E-state index in [4.69, 9.17) is 0 Å². The van der Waals surface area contributed by atoms with E-state index in [0.29, 0.717) is 5.78 Å². The van der Waals surface area contributed by atoms with Gasteiger partial charge in [-0.15, -0.1) is 11.8 Å². The highest BCUT2D eigenvalue weighted by atomic mass is 32.2. The molecule has 0 amide bonds. The Morgan fingerprint density at radius 1 is 1.18 bits per heavy atom. The molecule has 2 heteroatoms. The first-order chi connectivity index (χ1) is 8.15. The van der Waals surface area contributed by atoms with Crippen LogP contribution in [-0.4, -0.2) is 11.0 Å². The fourth-order valence-corrected chi connectivity index (χ4v) is 3.67. The molecule has 1 atom stereocenters. The topological polar surface area (TPSA) is 17.1 Å². The minimum absolute atomic E-state index is 0.254. The number of hydrogen-bond acceptors (Lipinski definition) is 2. The molecule has 2 rings (SSSR count). The van der Waals surface area contributed by atoms with Crippen LogP contribution in [0.15, 0.2) is 18.2 Å². The summed E-state index contributed by atoms with van der Waals surface area (Å²) < 4.78 is 0. The second-order valence-electron chi connectivity index (χ2n) is 5.01. The molecule has 0 heterocycles. The van der Waals surface area contributed by atoms with Crippen molar-refractivity contribution in [1.82, 2.24) is 0 Å². The lowest BCUT2D eigenvalue weighted by Crippen LogP contribution is -2.21. The molecule has 0 N–H and O–H groups in total. The highest BCUT2D eigenvalue weighted by molar-refractivity contribution is 7.99. The number of rotatable bonds is 3. The summed E-state index contributed by atoms with van der Waals surface area (Å²) in [5.74, 6) is 1.43. The van der Waals surface area contributed by atoms with Crippen molar-refractivity contribution in [3.63, 3.8) is 0 Å². The average Bonchev–Trinajstić information content (AvgIpc) is 2.27. The van der Waals surface area contributed by atoms with Gasteiger partial charge in [-0.25, -0.2) is 0 Å². The van der Waals surface area contributed by atoms with Crippen LogP contribution in [-0.2, 0) is 10.5 Å². The Morgan fingerprint density at radius 3 is 2.53 bits per heavy atom. The van der Waals surface area contributed by atoms with E-state index < -0.39 is 0 Å². The van der Waals surface area contributed by atoms with Gasteiger partial charge in [0.2, 0.25) is 0 Å². The van der Waals surface area contributed by atoms with E-state index in [1.807, 2.05) is 11.8 Å². The van der Waals surface area contributed by atoms with Crippen molar-refractivity contribution in [1.29, 1.82) is 0 Å². The molecule has 1 nitrogen and oxygen atoms in total. The largest absolute Gasteiger partial charge is 0.298 e. The van der Waals surface area contributed by atoms with Crippen molar-refractivity contribution < 1.29 is 4.79 Å². The molecule has 0 spiro atoms. The molecule has 0 radical (unpaired) electrons. The van der Waals surface area contributed by atoms with Gasteiger partial charge in [-0.2, -0.15) is 0 Å². The SMILES string of the molecule is Cc1cc(C)cc(CSC2CCCCC2=O)c1. The molecule has 17 heavy (non-hydrogen) atoms. The summed E-state index contributed by atoms with van der Waals surface area (Å²) >= 11 is 1.83. The number of thioether (sulfide) groups is 1. The molecule has 1 aromatic carbocycles. The minimum Gasteiger partial charge on any atom is -0.298 e. The number of hydrogen-bond donors (Lipinski definition) is 0. The predicted octanol–water partition coefficient (Wildman–Crippen LogP) is 4.05. The van der Waals surface area contributed by atoms with E-state index in [0.717, 1.165) is 25.0 Å². The molecule has 1 fully saturated rings. The monoisotopic (exact) mass is 248 g/mol. The van der Waals surface area contributed by atoms with Crippen molar-refractivity contribution in [3.8, 4) is 0 Å². The Morgan fingerprint density at radius 2 is 1.88 bits per heavy atom. The first-order valence-electron chi connectivity index (χ1n) is 6.36. The molecular formula is C15H20OS. The van der Waals surface area contributed by atoms with Crippen LogP contribution in [0.3, 0.4) is 0 Å². The summed E-state index contributed by atoms with van der Waals surface area (Å²) in [6, 6.07) is 6.65. The fraction of sp³-hybridized carbons (Fsp3) is 0.533. The number of ketones is 1. The lowest BCUT2D eigenvalue weighted by atomic mass is 9.99. The maximum absolute atomic E-state index is 11.7. The van der Waals surface area contributed by atoms with Crippen molar-refractivity contribution >= 4 is 17.5 Å². The molecule has 1 unspecified atom stereocenters. The van der Waals surface area contributed by atoms with Gasteiger partial charge < -0.3 is 0 Å². The van der Waals surface area contributed by atoms with Gasteiger partial charge in [-0.1, -0.05) is 35.7 Å². The summed E-state index contributed by atoms with van der Waals surface area (Å²) in [7, 11) is 0. The second kappa shape index (κ2) is 5.72. The van der Waals surface area contributed by atoms with Crippen LogP contribution in [0.2, 0.25) is 0 Å². The summed E-state index contributed by atoms with van der Waals surface area (Å²) in [5, 5.41) is 0.254. The van der Waals surface area contributed by atoms with Gasteiger partial charge in [-0.05, 0) is 32.3 Å². The first-order valence-corrected chi connectivity index (χ1v) is 7.41. The zero-order valence-electron chi connectivity index (χ0n) is 10.7. The zero-order chi connectivity index (χ0) is 12.3. The molecule has 0 saturated heterocycles. The van der Waals surface area contributed by atoms with Crippen LogP contribution in [0.5, 0.6) is 0 Å². The third kappa shape index (κ3) is 3.60. The second-order valence-corrected chi connectivity index (χ2v) is 6.20. The molecular weight excluding hydrogens is 228 g/mol.